The predicted molar refractivity (Wildman–Crippen MR) is 101 cm³/mol. The lowest BCUT2D eigenvalue weighted by atomic mass is 10.1. The van der Waals surface area contributed by atoms with Crippen LogP contribution in [0.1, 0.15) is 19.8 Å². The van der Waals surface area contributed by atoms with E-state index in [0.717, 1.165) is 25.9 Å². The number of para-hydroxylation sites is 2. The van der Waals surface area contributed by atoms with E-state index in [1.54, 1.807) is 26.2 Å². The second-order valence-electron chi connectivity index (χ2n) is 6.71. The topological polar surface area (TPSA) is 51.2 Å². The first-order chi connectivity index (χ1) is 13.1. The number of aliphatic hydroxyl groups excluding tert-OH is 1. The van der Waals surface area contributed by atoms with Crippen molar-refractivity contribution in [1.82, 2.24) is 4.90 Å². The van der Waals surface area contributed by atoms with Crippen LogP contribution in [0.15, 0.2) is 48.5 Å². The first-order valence-corrected chi connectivity index (χ1v) is 9.21. The molecule has 1 fully saturated rings. The minimum atomic E-state index is -0.663. The van der Waals surface area contributed by atoms with Crippen molar-refractivity contribution in [3.8, 4) is 17.2 Å². The summed E-state index contributed by atoms with van der Waals surface area (Å²) in [5.74, 6) is 1.64. The quantitative estimate of drug-likeness (QED) is 0.803. The second kappa shape index (κ2) is 9.06. The van der Waals surface area contributed by atoms with Crippen LogP contribution in [0.2, 0.25) is 0 Å². The maximum absolute atomic E-state index is 13.0. The maximum Gasteiger partial charge on any atom is 0.178 e. The van der Waals surface area contributed by atoms with Crippen LogP contribution in [0.3, 0.4) is 0 Å². The third kappa shape index (κ3) is 5.11. The Morgan fingerprint density at radius 1 is 1.04 bits per heavy atom. The summed E-state index contributed by atoms with van der Waals surface area (Å²) in [4.78, 5) is 2.11. The van der Waals surface area contributed by atoms with Crippen molar-refractivity contribution < 1.29 is 23.7 Å². The van der Waals surface area contributed by atoms with Gasteiger partial charge in [-0.25, -0.2) is 4.39 Å². The number of hydrogen-bond donors (Lipinski definition) is 1. The van der Waals surface area contributed by atoms with E-state index in [0.29, 0.717) is 17.2 Å². The highest BCUT2D eigenvalue weighted by molar-refractivity contribution is 5.39. The molecule has 1 saturated heterocycles. The summed E-state index contributed by atoms with van der Waals surface area (Å²) < 4.78 is 30.3. The molecule has 0 saturated carbocycles. The Labute approximate surface area is 159 Å². The summed E-state index contributed by atoms with van der Waals surface area (Å²) in [6.45, 7) is 3.19. The third-order valence-corrected chi connectivity index (χ3v) is 4.68. The van der Waals surface area contributed by atoms with Crippen LogP contribution in [0.5, 0.6) is 17.2 Å². The number of rotatable bonds is 7. The smallest absolute Gasteiger partial charge is 0.178 e. The molecule has 0 aromatic heterocycles. The zero-order valence-corrected chi connectivity index (χ0v) is 15.7. The van der Waals surface area contributed by atoms with Crippen molar-refractivity contribution in [3.63, 3.8) is 0 Å². The Hall–Kier alpha value is -2.31. The number of halogens is 1. The molecule has 3 rings (SSSR count). The number of aliphatic hydroxyl groups is 1. The normalized spacial score (nSPS) is 17.9. The van der Waals surface area contributed by atoms with Crippen LogP contribution < -0.4 is 14.2 Å². The van der Waals surface area contributed by atoms with E-state index >= 15 is 0 Å². The minimum Gasteiger partial charge on any atom is -0.493 e. The van der Waals surface area contributed by atoms with Crippen molar-refractivity contribution in [1.29, 1.82) is 0 Å². The van der Waals surface area contributed by atoms with Crippen molar-refractivity contribution in [2.45, 2.75) is 38.2 Å². The number of methoxy groups -OCH3 is 1. The predicted octanol–water partition coefficient (Wildman–Crippen LogP) is 3.46. The molecule has 5 nitrogen and oxygen atoms in total. The van der Waals surface area contributed by atoms with Gasteiger partial charge in [-0.2, -0.15) is 0 Å². The molecule has 2 atom stereocenters. The number of nitrogens with zero attached hydrogens (tertiary/aromatic N) is 1. The van der Waals surface area contributed by atoms with Gasteiger partial charge in [0.2, 0.25) is 0 Å². The van der Waals surface area contributed by atoms with Crippen molar-refractivity contribution >= 4 is 0 Å². The van der Waals surface area contributed by atoms with Gasteiger partial charge >= 0.3 is 0 Å². The molecule has 0 amide bonds. The summed E-state index contributed by atoms with van der Waals surface area (Å²) in [6.07, 6.45) is 0.538. The van der Waals surface area contributed by atoms with Gasteiger partial charge < -0.3 is 19.3 Å². The molecule has 2 aromatic rings. The van der Waals surface area contributed by atoms with Gasteiger partial charge in [0.15, 0.2) is 17.7 Å². The molecule has 146 valence electrons. The lowest BCUT2D eigenvalue weighted by Crippen LogP contribution is -2.51. The Morgan fingerprint density at radius 2 is 1.67 bits per heavy atom. The first kappa shape index (κ1) is 19.5. The molecule has 1 heterocycles. The number of piperidine rings is 1. The lowest BCUT2D eigenvalue weighted by Gasteiger charge is -2.38. The second-order valence-corrected chi connectivity index (χ2v) is 6.71. The molecule has 0 radical (unpaired) electrons. The van der Waals surface area contributed by atoms with Crippen molar-refractivity contribution in [3.05, 3.63) is 54.3 Å². The molecule has 2 aromatic carbocycles. The highest BCUT2D eigenvalue weighted by atomic mass is 19.1. The number of hydrogen-bond acceptors (Lipinski definition) is 5. The largest absolute Gasteiger partial charge is 0.493 e. The Bertz CT molecular complexity index is 714. The summed E-state index contributed by atoms with van der Waals surface area (Å²) in [5, 5.41) is 10.2. The van der Waals surface area contributed by atoms with Gasteiger partial charge in [0.1, 0.15) is 23.8 Å². The number of ether oxygens (including phenoxy) is 3. The van der Waals surface area contributed by atoms with Gasteiger partial charge in [-0.3, -0.25) is 4.90 Å². The van der Waals surface area contributed by atoms with Gasteiger partial charge in [-0.1, -0.05) is 12.1 Å². The molecule has 0 aliphatic carbocycles. The van der Waals surface area contributed by atoms with E-state index in [1.807, 2.05) is 24.3 Å². The van der Waals surface area contributed by atoms with Crippen molar-refractivity contribution in [2.75, 3.05) is 20.2 Å². The lowest BCUT2D eigenvalue weighted by molar-refractivity contribution is -0.0764. The van der Waals surface area contributed by atoms with Gasteiger partial charge in [0, 0.05) is 13.1 Å². The van der Waals surface area contributed by atoms with Crippen LogP contribution in [0.25, 0.3) is 0 Å². The molecule has 0 bridgehead atoms. The molecule has 1 aliphatic heterocycles. The average Bonchev–Trinajstić information content (AvgIpc) is 2.69. The molecular weight excluding hydrogens is 349 g/mol. The van der Waals surface area contributed by atoms with Crippen LogP contribution in [-0.4, -0.2) is 48.6 Å². The molecule has 1 N–H and O–H groups in total. The fraction of sp³-hybridized carbons (Fsp3) is 0.429. The monoisotopic (exact) mass is 375 g/mol. The average molecular weight is 375 g/mol. The van der Waals surface area contributed by atoms with E-state index in [2.05, 4.69) is 4.90 Å². The molecule has 0 spiro atoms. The number of benzene rings is 2. The zero-order chi connectivity index (χ0) is 19.2. The van der Waals surface area contributed by atoms with Gasteiger partial charge in [0.25, 0.3) is 0 Å². The molecule has 1 aliphatic rings. The Morgan fingerprint density at radius 3 is 2.26 bits per heavy atom. The fourth-order valence-corrected chi connectivity index (χ4v) is 3.28. The van der Waals surface area contributed by atoms with Gasteiger partial charge in [-0.05, 0) is 56.2 Å². The minimum absolute atomic E-state index is 0.0626. The maximum atomic E-state index is 13.0. The highest BCUT2D eigenvalue weighted by Gasteiger charge is 2.30. The van der Waals surface area contributed by atoms with E-state index in [1.165, 1.54) is 12.1 Å². The molecular formula is C21H26FNO4. The van der Waals surface area contributed by atoms with Crippen LogP contribution in [-0.2, 0) is 0 Å². The third-order valence-electron chi connectivity index (χ3n) is 4.68. The van der Waals surface area contributed by atoms with E-state index in [-0.39, 0.29) is 11.9 Å². The standard InChI is InChI=1S/C21H26FNO4/c1-15(24)21(27-20-6-4-3-5-19(20)25-2)23-13-11-18(12-14-23)26-17-9-7-16(22)8-10-17/h3-10,15,18,21,24H,11-14H2,1-2H3. The SMILES string of the molecule is COc1ccccc1OC(C(C)O)N1CCC(Oc2ccc(F)cc2)CC1. The summed E-state index contributed by atoms with van der Waals surface area (Å²) in [7, 11) is 1.60. The molecule has 27 heavy (non-hydrogen) atoms. The first-order valence-electron chi connectivity index (χ1n) is 9.21. The van der Waals surface area contributed by atoms with E-state index in [9.17, 15) is 9.50 Å². The Balaban J connectivity index is 1.59. The number of likely N-dealkylation sites (tertiary alicyclic amines) is 1. The van der Waals surface area contributed by atoms with Gasteiger partial charge in [-0.15, -0.1) is 0 Å². The molecule has 2 unspecified atom stereocenters. The van der Waals surface area contributed by atoms with Crippen LogP contribution >= 0.6 is 0 Å². The van der Waals surface area contributed by atoms with Crippen LogP contribution in [0.4, 0.5) is 4.39 Å². The van der Waals surface area contributed by atoms with Crippen molar-refractivity contribution in [2.24, 2.45) is 0 Å². The summed E-state index contributed by atoms with van der Waals surface area (Å²) in [6, 6.07) is 13.5. The highest BCUT2D eigenvalue weighted by Crippen LogP contribution is 2.29. The molecule has 6 heteroatoms. The van der Waals surface area contributed by atoms with Crippen LogP contribution in [0, 0.1) is 5.82 Å². The zero-order valence-electron chi connectivity index (χ0n) is 15.7. The summed E-state index contributed by atoms with van der Waals surface area (Å²) >= 11 is 0. The van der Waals surface area contributed by atoms with E-state index < -0.39 is 12.3 Å². The fourth-order valence-electron chi connectivity index (χ4n) is 3.28. The summed E-state index contributed by atoms with van der Waals surface area (Å²) in [5.41, 5.74) is 0. The van der Waals surface area contributed by atoms with Gasteiger partial charge in [0.05, 0.1) is 7.11 Å². The Kier molecular flexibility index (Phi) is 6.53. The van der Waals surface area contributed by atoms with E-state index in [4.69, 9.17) is 14.2 Å².